The molecule has 0 aliphatic rings. The van der Waals surface area contributed by atoms with Crippen molar-refractivity contribution < 1.29 is 13.5 Å². The fourth-order valence-electron chi connectivity index (χ4n) is 3.47. The monoisotopic (exact) mass is 443 g/mol. The lowest BCUT2D eigenvalue weighted by Crippen LogP contribution is -2.32. The number of aliphatic hydroxyl groups is 1. The lowest BCUT2D eigenvalue weighted by atomic mass is 10.0. The first-order chi connectivity index (χ1) is 14.8. The molecule has 0 fully saturated rings. The molecule has 0 aliphatic heterocycles. The van der Waals surface area contributed by atoms with E-state index in [9.17, 15) is 18.8 Å². The first-order valence-electron chi connectivity index (χ1n) is 10.8. The number of nitriles is 1. The zero-order valence-corrected chi connectivity index (χ0v) is 19.7. The van der Waals surface area contributed by atoms with E-state index in [0.29, 0.717) is 17.6 Å². The SMILES string of the molecule is CCCN(CCC)c1ccc2cc(/C(C)=C(\C#N)S(=O)(=O)NCC(O)CC)ccc2c1. The van der Waals surface area contributed by atoms with Crippen LogP contribution in [0.15, 0.2) is 41.3 Å². The number of nitrogens with zero attached hydrogens (tertiary/aromatic N) is 2. The number of aliphatic hydroxyl groups excluding tert-OH is 1. The molecule has 2 N–H and O–H groups in total. The summed E-state index contributed by atoms with van der Waals surface area (Å²) < 4.78 is 27.5. The molecule has 1 unspecified atom stereocenters. The number of allylic oxidation sites excluding steroid dienone is 2. The number of anilines is 1. The molecule has 0 aliphatic carbocycles. The standard InChI is InChI=1S/C24H33N3O3S/c1-5-12-27(13-6-2)22-11-10-20-14-19(8-9-21(20)15-22)18(4)24(16-25)31(29,30)26-17-23(28)7-3/h8-11,14-15,23,26,28H,5-7,12-13,17H2,1-4H3/b24-18+. The van der Waals surface area contributed by atoms with Crippen LogP contribution < -0.4 is 9.62 Å². The number of rotatable bonds is 11. The Morgan fingerprint density at radius 1 is 1.10 bits per heavy atom. The summed E-state index contributed by atoms with van der Waals surface area (Å²) in [6.45, 7) is 9.62. The molecule has 0 saturated carbocycles. The van der Waals surface area contributed by atoms with Gasteiger partial charge in [0.05, 0.1) is 6.10 Å². The van der Waals surface area contributed by atoms with Gasteiger partial charge in [-0.3, -0.25) is 0 Å². The predicted molar refractivity (Wildman–Crippen MR) is 128 cm³/mol. The Labute approximate surface area is 186 Å². The van der Waals surface area contributed by atoms with E-state index >= 15 is 0 Å². The van der Waals surface area contributed by atoms with Crippen LogP contribution in [0.5, 0.6) is 0 Å². The Hall–Kier alpha value is -2.40. The second kappa shape index (κ2) is 11.3. The summed E-state index contributed by atoms with van der Waals surface area (Å²) in [6.07, 6.45) is 1.80. The quantitative estimate of drug-likeness (QED) is 0.502. The number of nitrogens with one attached hydrogen (secondary N) is 1. The van der Waals surface area contributed by atoms with Crippen molar-refractivity contribution in [2.75, 3.05) is 24.5 Å². The summed E-state index contributed by atoms with van der Waals surface area (Å²) in [5.74, 6) is 0. The Balaban J connectivity index is 2.40. The molecule has 0 amide bonds. The predicted octanol–water partition coefficient (Wildman–Crippen LogP) is 4.41. The molecule has 0 spiro atoms. The molecule has 2 aromatic rings. The smallest absolute Gasteiger partial charge is 0.251 e. The van der Waals surface area contributed by atoms with Crippen LogP contribution in [0.2, 0.25) is 0 Å². The van der Waals surface area contributed by atoms with Gasteiger partial charge in [0.2, 0.25) is 0 Å². The summed E-state index contributed by atoms with van der Waals surface area (Å²) in [6, 6.07) is 13.8. The second-order valence-electron chi connectivity index (χ2n) is 7.71. The molecule has 0 bridgehead atoms. The molecule has 0 saturated heterocycles. The van der Waals surface area contributed by atoms with Crippen LogP contribution in [-0.2, 0) is 10.0 Å². The molecule has 1 atom stereocenters. The van der Waals surface area contributed by atoms with Gasteiger partial charge in [0, 0.05) is 25.3 Å². The van der Waals surface area contributed by atoms with Crippen molar-refractivity contribution in [1.82, 2.24) is 4.72 Å². The molecule has 0 heterocycles. The largest absolute Gasteiger partial charge is 0.392 e. The highest BCUT2D eigenvalue weighted by Gasteiger charge is 2.22. The van der Waals surface area contributed by atoms with E-state index in [1.54, 1.807) is 13.8 Å². The summed E-state index contributed by atoms with van der Waals surface area (Å²) in [7, 11) is -4.01. The molecule has 168 valence electrons. The minimum Gasteiger partial charge on any atom is -0.392 e. The van der Waals surface area contributed by atoms with E-state index in [4.69, 9.17) is 0 Å². The minimum atomic E-state index is -4.01. The number of hydrogen-bond donors (Lipinski definition) is 2. The number of sulfonamides is 1. The van der Waals surface area contributed by atoms with Crippen molar-refractivity contribution in [3.8, 4) is 6.07 Å². The number of hydrogen-bond acceptors (Lipinski definition) is 5. The van der Waals surface area contributed by atoms with Crippen LogP contribution in [0.1, 0.15) is 52.5 Å². The maximum atomic E-state index is 12.6. The third-order valence-corrected chi connectivity index (χ3v) is 6.78. The van der Waals surface area contributed by atoms with Gasteiger partial charge < -0.3 is 10.0 Å². The molecule has 0 aromatic heterocycles. The number of benzene rings is 2. The van der Waals surface area contributed by atoms with Crippen LogP contribution in [0.3, 0.4) is 0 Å². The maximum Gasteiger partial charge on any atom is 0.251 e. The third-order valence-electron chi connectivity index (χ3n) is 5.30. The molecule has 7 heteroatoms. The molecular weight excluding hydrogens is 410 g/mol. The minimum absolute atomic E-state index is 0.121. The maximum absolute atomic E-state index is 12.6. The summed E-state index contributed by atoms with van der Waals surface area (Å²) >= 11 is 0. The van der Waals surface area contributed by atoms with Crippen molar-refractivity contribution in [3.05, 3.63) is 46.9 Å². The van der Waals surface area contributed by atoms with Crippen molar-refractivity contribution >= 4 is 32.1 Å². The van der Waals surface area contributed by atoms with Crippen molar-refractivity contribution in [2.45, 2.75) is 53.1 Å². The first kappa shape index (κ1) is 24.9. The van der Waals surface area contributed by atoms with Crippen LogP contribution in [0, 0.1) is 11.3 Å². The van der Waals surface area contributed by atoms with Gasteiger partial charge in [-0.25, -0.2) is 13.1 Å². The Bertz CT molecular complexity index is 1070. The van der Waals surface area contributed by atoms with E-state index in [-0.39, 0.29) is 11.4 Å². The topological polar surface area (TPSA) is 93.4 Å². The molecule has 6 nitrogen and oxygen atoms in total. The van der Waals surface area contributed by atoms with Gasteiger partial charge in [0.25, 0.3) is 10.0 Å². The van der Waals surface area contributed by atoms with E-state index in [1.807, 2.05) is 30.3 Å². The fraction of sp³-hybridized carbons (Fsp3) is 0.458. The highest BCUT2D eigenvalue weighted by atomic mass is 32.2. The van der Waals surface area contributed by atoms with Gasteiger partial charge >= 0.3 is 0 Å². The lowest BCUT2D eigenvalue weighted by molar-refractivity contribution is 0.174. The van der Waals surface area contributed by atoms with Crippen molar-refractivity contribution in [3.63, 3.8) is 0 Å². The van der Waals surface area contributed by atoms with E-state index in [2.05, 4.69) is 35.6 Å². The van der Waals surface area contributed by atoms with E-state index < -0.39 is 16.1 Å². The van der Waals surface area contributed by atoms with E-state index in [0.717, 1.165) is 36.7 Å². The van der Waals surface area contributed by atoms with Gasteiger partial charge in [-0.2, -0.15) is 5.26 Å². The highest BCUT2D eigenvalue weighted by molar-refractivity contribution is 7.93. The highest BCUT2D eigenvalue weighted by Crippen LogP contribution is 2.28. The second-order valence-corrected chi connectivity index (χ2v) is 9.42. The normalized spacial score (nSPS) is 13.5. The van der Waals surface area contributed by atoms with Gasteiger partial charge in [-0.1, -0.05) is 39.0 Å². The molecule has 31 heavy (non-hydrogen) atoms. The van der Waals surface area contributed by atoms with Gasteiger partial charge in [-0.05, 0) is 66.3 Å². The first-order valence-corrected chi connectivity index (χ1v) is 12.3. The van der Waals surface area contributed by atoms with Gasteiger partial charge in [0.15, 0.2) is 4.91 Å². The van der Waals surface area contributed by atoms with E-state index in [1.165, 1.54) is 5.69 Å². The summed E-state index contributed by atoms with van der Waals surface area (Å²) in [5, 5.41) is 21.2. The van der Waals surface area contributed by atoms with Crippen LogP contribution >= 0.6 is 0 Å². The lowest BCUT2D eigenvalue weighted by Gasteiger charge is -2.24. The van der Waals surface area contributed by atoms with Crippen LogP contribution in [0.4, 0.5) is 5.69 Å². The Kier molecular flexibility index (Phi) is 9.05. The third kappa shape index (κ3) is 6.30. The average Bonchev–Trinajstić information content (AvgIpc) is 2.76. The van der Waals surface area contributed by atoms with Crippen LogP contribution in [0.25, 0.3) is 16.3 Å². The Morgan fingerprint density at radius 2 is 1.71 bits per heavy atom. The van der Waals surface area contributed by atoms with Gasteiger partial charge in [0.1, 0.15) is 6.07 Å². The van der Waals surface area contributed by atoms with Gasteiger partial charge in [-0.15, -0.1) is 0 Å². The summed E-state index contributed by atoms with van der Waals surface area (Å²) in [4.78, 5) is 2.04. The van der Waals surface area contributed by atoms with Crippen LogP contribution in [-0.4, -0.2) is 39.3 Å². The average molecular weight is 444 g/mol. The zero-order valence-electron chi connectivity index (χ0n) is 18.9. The zero-order chi connectivity index (χ0) is 23.0. The molecule has 0 radical (unpaired) electrons. The number of fused-ring (bicyclic) bond motifs is 1. The fourth-order valence-corrected chi connectivity index (χ4v) is 4.67. The molecule has 2 aromatic carbocycles. The molecule has 2 rings (SSSR count). The van der Waals surface area contributed by atoms with Crippen molar-refractivity contribution in [2.24, 2.45) is 0 Å². The van der Waals surface area contributed by atoms with Crippen molar-refractivity contribution in [1.29, 1.82) is 5.26 Å². The molecular formula is C24H33N3O3S. The summed E-state index contributed by atoms with van der Waals surface area (Å²) in [5.41, 5.74) is 2.23. The Morgan fingerprint density at radius 3 is 2.29 bits per heavy atom.